The number of guanidine groups is 1. The minimum atomic E-state index is -0.233. The first-order chi connectivity index (χ1) is 12.8. The third-order valence-corrected chi connectivity index (χ3v) is 4.59. The normalized spacial score (nSPS) is 15.6. The van der Waals surface area contributed by atoms with Crippen molar-refractivity contribution in [3.05, 3.63) is 35.9 Å². The lowest BCUT2D eigenvalue weighted by molar-refractivity contribution is -0.136. The molecule has 0 radical (unpaired) electrons. The van der Waals surface area contributed by atoms with Crippen LogP contribution >= 0.6 is 24.0 Å². The Balaban J connectivity index is 0.00000364. The molecule has 1 fully saturated rings. The SMILES string of the molecule is CCCCCNC(=NC)NCC(C(=O)N1CCOCC1)c1ccccc1.I. The number of amides is 1. The van der Waals surface area contributed by atoms with Crippen molar-refractivity contribution in [1.29, 1.82) is 0 Å². The van der Waals surface area contributed by atoms with E-state index in [1.807, 2.05) is 35.2 Å². The Morgan fingerprint density at radius 3 is 2.52 bits per heavy atom. The molecule has 1 unspecified atom stereocenters. The molecule has 0 saturated carbocycles. The lowest BCUT2D eigenvalue weighted by atomic mass is 9.97. The Morgan fingerprint density at radius 1 is 1.19 bits per heavy atom. The van der Waals surface area contributed by atoms with Crippen LogP contribution in [0.15, 0.2) is 35.3 Å². The van der Waals surface area contributed by atoms with Crippen molar-refractivity contribution in [2.45, 2.75) is 32.1 Å². The number of carbonyl (C=O) groups is 1. The van der Waals surface area contributed by atoms with E-state index in [0.717, 1.165) is 24.5 Å². The van der Waals surface area contributed by atoms with E-state index in [1.54, 1.807) is 7.05 Å². The zero-order valence-electron chi connectivity index (χ0n) is 16.4. The van der Waals surface area contributed by atoms with Crippen molar-refractivity contribution in [2.24, 2.45) is 4.99 Å². The van der Waals surface area contributed by atoms with Gasteiger partial charge in [-0.1, -0.05) is 50.1 Å². The summed E-state index contributed by atoms with van der Waals surface area (Å²) in [6.45, 7) is 6.14. The van der Waals surface area contributed by atoms with E-state index in [4.69, 9.17) is 4.74 Å². The molecule has 2 rings (SSSR count). The summed E-state index contributed by atoms with van der Waals surface area (Å²) in [4.78, 5) is 19.2. The fourth-order valence-corrected chi connectivity index (χ4v) is 3.04. The summed E-state index contributed by atoms with van der Waals surface area (Å²) in [5.41, 5.74) is 1.03. The number of unbranched alkanes of at least 4 members (excludes halogenated alkanes) is 2. The monoisotopic (exact) mass is 488 g/mol. The number of benzene rings is 1. The molecule has 0 aromatic heterocycles. The maximum absolute atomic E-state index is 13.1. The minimum Gasteiger partial charge on any atom is -0.378 e. The number of nitrogens with one attached hydrogen (secondary N) is 2. The second-order valence-corrected chi connectivity index (χ2v) is 6.49. The van der Waals surface area contributed by atoms with E-state index < -0.39 is 0 Å². The highest BCUT2D eigenvalue weighted by Crippen LogP contribution is 2.18. The number of aliphatic imine (C=N–C) groups is 1. The smallest absolute Gasteiger partial charge is 0.232 e. The van der Waals surface area contributed by atoms with Crippen LogP contribution in [0.5, 0.6) is 0 Å². The van der Waals surface area contributed by atoms with E-state index in [1.165, 1.54) is 12.8 Å². The van der Waals surface area contributed by atoms with Gasteiger partial charge >= 0.3 is 0 Å². The van der Waals surface area contributed by atoms with E-state index >= 15 is 0 Å². The molecule has 2 N–H and O–H groups in total. The number of rotatable bonds is 8. The van der Waals surface area contributed by atoms with Crippen molar-refractivity contribution in [2.75, 3.05) is 46.4 Å². The lowest BCUT2D eigenvalue weighted by Gasteiger charge is -2.31. The van der Waals surface area contributed by atoms with Gasteiger partial charge in [-0.25, -0.2) is 0 Å². The summed E-state index contributed by atoms with van der Waals surface area (Å²) in [7, 11) is 1.76. The predicted molar refractivity (Wildman–Crippen MR) is 121 cm³/mol. The van der Waals surface area contributed by atoms with Gasteiger partial charge in [0, 0.05) is 33.2 Å². The highest BCUT2D eigenvalue weighted by atomic mass is 127. The van der Waals surface area contributed by atoms with Crippen LogP contribution in [-0.2, 0) is 9.53 Å². The highest BCUT2D eigenvalue weighted by Gasteiger charge is 2.27. The summed E-state index contributed by atoms with van der Waals surface area (Å²) < 4.78 is 5.38. The molecule has 0 spiro atoms. The van der Waals surface area contributed by atoms with Gasteiger partial charge in [-0.15, -0.1) is 24.0 Å². The van der Waals surface area contributed by atoms with Crippen LogP contribution in [0.2, 0.25) is 0 Å². The Bertz CT molecular complexity index is 562. The summed E-state index contributed by atoms with van der Waals surface area (Å²) in [5, 5.41) is 6.65. The molecule has 1 aromatic carbocycles. The van der Waals surface area contributed by atoms with Gasteiger partial charge in [0.1, 0.15) is 0 Å². The number of halogens is 1. The molecule has 1 aromatic rings. The molecule has 0 aliphatic carbocycles. The predicted octanol–water partition coefficient (Wildman–Crippen LogP) is 2.60. The van der Waals surface area contributed by atoms with Crippen molar-refractivity contribution in [3.63, 3.8) is 0 Å². The lowest BCUT2D eigenvalue weighted by Crippen LogP contribution is -2.47. The Kier molecular flexibility index (Phi) is 12.1. The van der Waals surface area contributed by atoms with Crippen molar-refractivity contribution in [1.82, 2.24) is 15.5 Å². The molecule has 1 aliphatic heterocycles. The Labute approximate surface area is 180 Å². The van der Waals surface area contributed by atoms with Crippen LogP contribution in [-0.4, -0.2) is 63.2 Å². The quantitative estimate of drug-likeness (QED) is 0.256. The van der Waals surface area contributed by atoms with Gasteiger partial charge in [0.15, 0.2) is 5.96 Å². The molecule has 6 nitrogen and oxygen atoms in total. The molecule has 152 valence electrons. The summed E-state index contributed by atoms with van der Waals surface area (Å²) in [5.74, 6) is 0.661. The molecule has 7 heteroatoms. The van der Waals surface area contributed by atoms with Crippen molar-refractivity contribution < 1.29 is 9.53 Å². The van der Waals surface area contributed by atoms with Gasteiger partial charge in [0.05, 0.1) is 19.1 Å². The molecule has 0 bridgehead atoms. The molecule has 1 amide bonds. The topological polar surface area (TPSA) is 66.0 Å². The second-order valence-electron chi connectivity index (χ2n) is 6.49. The number of ether oxygens (including phenoxy) is 1. The first kappa shape index (κ1) is 23.7. The van der Waals surface area contributed by atoms with Gasteiger partial charge in [-0.2, -0.15) is 0 Å². The largest absolute Gasteiger partial charge is 0.378 e. The third kappa shape index (κ3) is 8.04. The standard InChI is InChI=1S/C20H32N4O2.HI/c1-3-4-8-11-22-20(21-2)23-16-18(17-9-6-5-7-10-17)19(25)24-12-14-26-15-13-24;/h5-7,9-10,18H,3-4,8,11-16H2,1-2H3,(H2,21,22,23);1H. The summed E-state index contributed by atoms with van der Waals surface area (Å²) in [6.07, 6.45) is 3.51. The zero-order chi connectivity index (χ0) is 18.6. The fraction of sp³-hybridized carbons (Fsp3) is 0.600. The van der Waals surface area contributed by atoms with Crippen LogP contribution in [0.25, 0.3) is 0 Å². The fourth-order valence-electron chi connectivity index (χ4n) is 3.04. The number of hydrogen-bond donors (Lipinski definition) is 2. The highest BCUT2D eigenvalue weighted by molar-refractivity contribution is 14.0. The van der Waals surface area contributed by atoms with Crippen molar-refractivity contribution in [3.8, 4) is 0 Å². The molecule has 1 heterocycles. The van der Waals surface area contributed by atoms with E-state index in [0.29, 0.717) is 32.8 Å². The summed E-state index contributed by atoms with van der Waals surface area (Å²) in [6, 6.07) is 9.96. The minimum absolute atomic E-state index is 0. The van der Waals surface area contributed by atoms with Gasteiger partial charge in [0.25, 0.3) is 0 Å². The molecule has 27 heavy (non-hydrogen) atoms. The Morgan fingerprint density at radius 2 is 1.89 bits per heavy atom. The summed E-state index contributed by atoms with van der Waals surface area (Å²) >= 11 is 0. The number of hydrogen-bond acceptors (Lipinski definition) is 3. The van der Waals surface area contributed by atoms with Crippen molar-refractivity contribution >= 4 is 35.8 Å². The van der Waals surface area contributed by atoms with Gasteiger partial charge in [-0.05, 0) is 12.0 Å². The van der Waals surface area contributed by atoms with Gasteiger partial charge in [0.2, 0.25) is 5.91 Å². The molecule has 1 saturated heterocycles. The van der Waals surface area contributed by atoms with Crippen LogP contribution in [0.1, 0.15) is 37.7 Å². The number of nitrogens with zero attached hydrogens (tertiary/aromatic N) is 2. The molecular weight excluding hydrogens is 455 g/mol. The third-order valence-electron chi connectivity index (χ3n) is 4.59. The second kappa shape index (κ2) is 13.8. The molecule has 1 atom stereocenters. The van der Waals surface area contributed by atoms with Crippen LogP contribution in [0.3, 0.4) is 0 Å². The Hall–Kier alpha value is -1.35. The van der Waals surface area contributed by atoms with E-state index in [9.17, 15) is 4.79 Å². The molecular formula is C20H33IN4O2. The zero-order valence-corrected chi connectivity index (χ0v) is 18.8. The van der Waals surface area contributed by atoms with Crippen LogP contribution < -0.4 is 10.6 Å². The van der Waals surface area contributed by atoms with Crippen LogP contribution in [0.4, 0.5) is 0 Å². The molecule has 1 aliphatic rings. The maximum atomic E-state index is 13.1. The van der Waals surface area contributed by atoms with Gasteiger partial charge in [-0.3, -0.25) is 9.79 Å². The van der Waals surface area contributed by atoms with Gasteiger partial charge < -0.3 is 20.3 Å². The first-order valence-electron chi connectivity index (χ1n) is 9.62. The first-order valence-corrected chi connectivity index (χ1v) is 9.62. The average Bonchev–Trinajstić information content (AvgIpc) is 2.71. The van der Waals surface area contributed by atoms with Crippen LogP contribution in [0, 0.1) is 0 Å². The van der Waals surface area contributed by atoms with E-state index in [2.05, 4.69) is 22.5 Å². The average molecular weight is 488 g/mol. The maximum Gasteiger partial charge on any atom is 0.232 e. The number of morpholine rings is 1. The number of carbonyl (C=O) groups excluding carboxylic acids is 1. The van der Waals surface area contributed by atoms with E-state index in [-0.39, 0.29) is 35.8 Å².